The van der Waals surface area contributed by atoms with Gasteiger partial charge in [0.2, 0.25) is 0 Å². The van der Waals surface area contributed by atoms with Crippen LogP contribution in [0.25, 0.3) is 0 Å². The van der Waals surface area contributed by atoms with E-state index < -0.39 is 0 Å². The van der Waals surface area contributed by atoms with E-state index in [9.17, 15) is 4.79 Å². The minimum atomic E-state index is -0.113. The highest BCUT2D eigenvalue weighted by Gasteiger charge is 2.17. The first-order valence-electron chi connectivity index (χ1n) is 7.40. The van der Waals surface area contributed by atoms with E-state index in [-0.39, 0.29) is 6.03 Å². The van der Waals surface area contributed by atoms with Crippen molar-refractivity contribution in [3.8, 4) is 11.5 Å². The molecule has 0 spiro atoms. The van der Waals surface area contributed by atoms with Crippen LogP contribution in [0.4, 0.5) is 4.79 Å². The first-order chi connectivity index (χ1) is 10.2. The number of hydrogen-bond donors (Lipinski definition) is 2. The number of hydrogen-bond acceptors (Lipinski definition) is 3. The Bertz CT molecular complexity index is 497. The van der Waals surface area contributed by atoms with Gasteiger partial charge in [-0.05, 0) is 31.9 Å². The van der Waals surface area contributed by atoms with Crippen molar-refractivity contribution in [2.45, 2.75) is 45.2 Å². The Balaban J connectivity index is 1.96. The highest BCUT2D eigenvalue weighted by atomic mass is 16.5. The molecule has 0 heterocycles. The molecule has 2 rings (SSSR count). The van der Waals surface area contributed by atoms with Gasteiger partial charge in [0, 0.05) is 23.7 Å². The van der Waals surface area contributed by atoms with Gasteiger partial charge in [0.05, 0.1) is 14.2 Å². The molecule has 116 valence electrons. The van der Waals surface area contributed by atoms with Crippen LogP contribution in [-0.2, 0) is 6.54 Å². The number of benzene rings is 1. The predicted octanol–water partition coefficient (Wildman–Crippen LogP) is 2.75. The van der Waals surface area contributed by atoms with Gasteiger partial charge in [-0.1, -0.05) is 12.8 Å². The molecule has 21 heavy (non-hydrogen) atoms. The summed E-state index contributed by atoms with van der Waals surface area (Å²) in [5.41, 5.74) is 1.88. The Morgan fingerprint density at radius 2 is 1.95 bits per heavy atom. The summed E-state index contributed by atoms with van der Waals surface area (Å²) < 4.78 is 10.7. The molecule has 0 atom stereocenters. The molecule has 1 aliphatic rings. The maximum atomic E-state index is 11.9. The normalized spacial score (nSPS) is 14.8. The van der Waals surface area contributed by atoms with E-state index in [2.05, 4.69) is 10.6 Å². The van der Waals surface area contributed by atoms with Crippen molar-refractivity contribution < 1.29 is 14.3 Å². The highest BCUT2D eigenvalue weighted by Crippen LogP contribution is 2.31. The van der Waals surface area contributed by atoms with Gasteiger partial charge >= 0.3 is 6.03 Å². The summed E-state index contributed by atoms with van der Waals surface area (Å²) in [6.07, 6.45) is 4.57. The van der Waals surface area contributed by atoms with Gasteiger partial charge in [-0.3, -0.25) is 0 Å². The third-order valence-electron chi connectivity index (χ3n) is 3.99. The van der Waals surface area contributed by atoms with E-state index in [1.54, 1.807) is 14.2 Å². The smallest absolute Gasteiger partial charge is 0.315 e. The molecule has 1 aromatic carbocycles. The largest absolute Gasteiger partial charge is 0.496 e. The van der Waals surface area contributed by atoms with E-state index in [0.29, 0.717) is 12.6 Å². The zero-order valence-electron chi connectivity index (χ0n) is 13.0. The third kappa shape index (κ3) is 3.80. The van der Waals surface area contributed by atoms with Crippen LogP contribution in [0, 0.1) is 6.92 Å². The summed E-state index contributed by atoms with van der Waals surface area (Å²) in [4.78, 5) is 11.9. The predicted molar refractivity (Wildman–Crippen MR) is 81.9 cm³/mol. The number of carbonyl (C=O) groups excluding carboxylic acids is 1. The minimum Gasteiger partial charge on any atom is -0.496 e. The Morgan fingerprint density at radius 1 is 1.24 bits per heavy atom. The molecule has 0 aromatic heterocycles. The Labute approximate surface area is 126 Å². The Morgan fingerprint density at radius 3 is 2.57 bits per heavy atom. The first kappa shape index (κ1) is 15.5. The van der Waals surface area contributed by atoms with Crippen molar-refractivity contribution in [1.82, 2.24) is 10.6 Å². The minimum absolute atomic E-state index is 0.113. The van der Waals surface area contributed by atoms with Crippen LogP contribution in [0.2, 0.25) is 0 Å². The molecule has 5 nitrogen and oxygen atoms in total. The number of ether oxygens (including phenoxy) is 2. The lowest BCUT2D eigenvalue weighted by atomic mass is 10.1. The number of carbonyl (C=O) groups is 1. The van der Waals surface area contributed by atoms with Crippen molar-refractivity contribution in [2.75, 3.05) is 14.2 Å². The zero-order valence-corrected chi connectivity index (χ0v) is 13.0. The summed E-state index contributed by atoms with van der Waals surface area (Å²) in [6, 6.07) is 4.02. The van der Waals surface area contributed by atoms with Crippen LogP contribution in [-0.4, -0.2) is 26.3 Å². The van der Waals surface area contributed by atoms with Crippen LogP contribution in [0.15, 0.2) is 12.1 Å². The maximum absolute atomic E-state index is 11.9. The molecular weight excluding hydrogens is 268 g/mol. The van der Waals surface area contributed by atoms with Gasteiger partial charge in [-0.25, -0.2) is 4.79 Å². The van der Waals surface area contributed by atoms with E-state index >= 15 is 0 Å². The maximum Gasteiger partial charge on any atom is 0.315 e. The molecule has 0 unspecified atom stereocenters. The van der Waals surface area contributed by atoms with Gasteiger partial charge in [-0.15, -0.1) is 0 Å². The molecule has 0 saturated heterocycles. The molecule has 0 radical (unpaired) electrons. The molecule has 0 bridgehead atoms. The number of nitrogens with one attached hydrogen (secondary N) is 2. The lowest BCUT2D eigenvalue weighted by molar-refractivity contribution is 0.236. The van der Waals surface area contributed by atoms with E-state index in [4.69, 9.17) is 9.47 Å². The van der Waals surface area contributed by atoms with Crippen LogP contribution < -0.4 is 20.1 Å². The quantitative estimate of drug-likeness (QED) is 0.877. The zero-order chi connectivity index (χ0) is 15.2. The molecule has 1 aromatic rings. The Hall–Kier alpha value is -1.91. The third-order valence-corrected chi connectivity index (χ3v) is 3.99. The molecule has 1 aliphatic carbocycles. The summed E-state index contributed by atoms with van der Waals surface area (Å²) >= 11 is 0. The van der Waals surface area contributed by atoms with Gasteiger partial charge in [-0.2, -0.15) is 0 Å². The van der Waals surface area contributed by atoms with Crippen molar-refractivity contribution in [3.05, 3.63) is 23.3 Å². The van der Waals surface area contributed by atoms with Gasteiger partial charge in [0.15, 0.2) is 0 Å². The fraction of sp³-hybridized carbons (Fsp3) is 0.562. The molecule has 2 amide bonds. The van der Waals surface area contributed by atoms with E-state index in [1.807, 2.05) is 19.1 Å². The lowest BCUT2D eigenvalue weighted by Crippen LogP contribution is -2.40. The topological polar surface area (TPSA) is 59.6 Å². The van der Waals surface area contributed by atoms with Crippen LogP contribution >= 0.6 is 0 Å². The van der Waals surface area contributed by atoms with Crippen molar-refractivity contribution >= 4 is 6.03 Å². The molecular formula is C16H24N2O3. The SMILES string of the molecule is COc1ccc(CNC(=O)NC2CCCC2)c(OC)c1C. The fourth-order valence-corrected chi connectivity index (χ4v) is 2.86. The van der Waals surface area contributed by atoms with Crippen LogP contribution in [0.3, 0.4) is 0 Å². The molecule has 1 saturated carbocycles. The summed E-state index contributed by atoms with van der Waals surface area (Å²) in [7, 11) is 3.26. The molecule has 0 aliphatic heterocycles. The molecule has 5 heteroatoms. The monoisotopic (exact) mass is 292 g/mol. The Kier molecular flexibility index (Phi) is 5.31. The van der Waals surface area contributed by atoms with Crippen LogP contribution in [0.1, 0.15) is 36.8 Å². The lowest BCUT2D eigenvalue weighted by Gasteiger charge is -2.16. The summed E-state index contributed by atoms with van der Waals surface area (Å²) in [6.45, 7) is 2.38. The second-order valence-electron chi connectivity index (χ2n) is 5.39. The van der Waals surface area contributed by atoms with E-state index in [1.165, 1.54) is 12.8 Å². The highest BCUT2D eigenvalue weighted by molar-refractivity contribution is 5.74. The standard InChI is InChI=1S/C16H24N2O3/c1-11-14(20-2)9-8-12(15(11)21-3)10-17-16(19)18-13-6-4-5-7-13/h8-9,13H,4-7,10H2,1-3H3,(H2,17,18,19). The first-order valence-corrected chi connectivity index (χ1v) is 7.40. The number of rotatable bonds is 5. The summed E-state index contributed by atoms with van der Waals surface area (Å²) in [5.74, 6) is 1.54. The number of amides is 2. The second kappa shape index (κ2) is 7.20. The number of methoxy groups -OCH3 is 2. The van der Waals surface area contributed by atoms with Crippen molar-refractivity contribution in [2.24, 2.45) is 0 Å². The van der Waals surface area contributed by atoms with E-state index in [0.717, 1.165) is 35.5 Å². The fourth-order valence-electron chi connectivity index (χ4n) is 2.86. The molecule has 1 fully saturated rings. The van der Waals surface area contributed by atoms with Crippen molar-refractivity contribution in [3.63, 3.8) is 0 Å². The second-order valence-corrected chi connectivity index (χ2v) is 5.39. The van der Waals surface area contributed by atoms with Crippen molar-refractivity contribution in [1.29, 1.82) is 0 Å². The molecule has 2 N–H and O–H groups in total. The average Bonchev–Trinajstić information content (AvgIpc) is 2.98. The van der Waals surface area contributed by atoms with Crippen LogP contribution in [0.5, 0.6) is 11.5 Å². The van der Waals surface area contributed by atoms with Gasteiger partial charge < -0.3 is 20.1 Å². The number of urea groups is 1. The summed E-state index contributed by atoms with van der Waals surface area (Å²) in [5, 5.41) is 5.90. The van der Waals surface area contributed by atoms with Gasteiger partial charge in [0.25, 0.3) is 0 Å². The average molecular weight is 292 g/mol. The van der Waals surface area contributed by atoms with Gasteiger partial charge in [0.1, 0.15) is 11.5 Å².